The first kappa shape index (κ1) is 11.6. The van der Waals surface area contributed by atoms with Crippen molar-refractivity contribution in [3.63, 3.8) is 0 Å². The highest BCUT2D eigenvalue weighted by Crippen LogP contribution is 2.28. The Balaban J connectivity index is 2.79. The van der Waals surface area contributed by atoms with E-state index in [4.69, 9.17) is 5.11 Å². The lowest BCUT2D eigenvalue weighted by atomic mass is 10.1. The molecule has 80 valence electrons. The molecular weight excluding hydrogens is 205 g/mol. The fraction of sp³-hybridized carbons (Fsp3) is 0.273. The maximum Gasteiger partial charge on any atom is 0.416 e. The molecule has 0 saturated carbocycles. The van der Waals surface area contributed by atoms with E-state index in [2.05, 4.69) is 11.8 Å². The number of rotatable bonds is 1. The lowest BCUT2D eigenvalue weighted by molar-refractivity contribution is -0.137. The van der Waals surface area contributed by atoms with Crippen molar-refractivity contribution >= 4 is 0 Å². The molecular formula is C11H9F3O. The second kappa shape index (κ2) is 4.85. The van der Waals surface area contributed by atoms with Crippen LogP contribution < -0.4 is 0 Å². The summed E-state index contributed by atoms with van der Waals surface area (Å²) in [5, 5.41) is 8.44. The molecule has 1 N–H and O–H groups in total. The molecule has 0 fully saturated rings. The van der Waals surface area contributed by atoms with Crippen molar-refractivity contribution < 1.29 is 18.3 Å². The molecule has 0 bridgehead atoms. The summed E-state index contributed by atoms with van der Waals surface area (Å²) in [7, 11) is 0. The predicted octanol–water partition coefficient (Wildman–Crippen LogP) is 2.44. The fourth-order valence-electron chi connectivity index (χ4n) is 0.963. The first-order valence-corrected chi connectivity index (χ1v) is 4.31. The van der Waals surface area contributed by atoms with Gasteiger partial charge in [-0.2, -0.15) is 13.2 Å². The highest BCUT2D eigenvalue weighted by atomic mass is 19.4. The largest absolute Gasteiger partial charge is 0.416 e. The van der Waals surface area contributed by atoms with E-state index < -0.39 is 11.7 Å². The van der Waals surface area contributed by atoms with Crippen LogP contribution >= 0.6 is 0 Å². The summed E-state index contributed by atoms with van der Waals surface area (Å²) in [6.07, 6.45) is -3.99. The van der Waals surface area contributed by atoms with Crippen LogP contribution in [0.3, 0.4) is 0 Å². The van der Waals surface area contributed by atoms with Crippen molar-refractivity contribution in [1.82, 2.24) is 0 Å². The summed E-state index contributed by atoms with van der Waals surface area (Å²) in [4.78, 5) is 0. The summed E-state index contributed by atoms with van der Waals surface area (Å²) < 4.78 is 36.5. The smallest absolute Gasteiger partial charge is 0.395 e. The molecule has 0 radical (unpaired) electrons. The molecule has 1 nitrogen and oxygen atoms in total. The second-order valence-electron chi connectivity index (χ2n) is 2.85. The summed E-state index contributed by atoms with van der Waals surface area (Å²) >= 11 is 0. The first-order valence-electron chi connectivity index (χ1n) is 4.31. The van der Waals surface area contributed by atoms with Gasteiger partial charge in [-0.1, -0.05) is 11.8 Å². The molecule has 0 spiro atoms. The van der Waals surface area contributed by atoms with Gasteiger partial charge in [0.1, 0.15) is 0 Å². The van der Waals surface area contributed by atoms with E-state index in [0.717, 1.165) is 12.1 Å². The van der Waals surface area contributed by atoms with E-state index in [-0.39, 0.29) is 6.61 Å². The molecule has 1 aromatic rings. The summed E-state index contributed by atoms with van der Waals surface area (Å²) in [5.74, 6) is 5.28. The average Bonchev–Trinajstić information content (AvgIpc) is 2.18. The molecule has 0 aliphatic heterocycles. The Morgan fingerprint density at radius 1 is 1.13 bits per heavy atom. The normalized spacial score (nSPS) is 10.7. The van der Waals surface area contributed by atoms with Crippen LogP contribution in [0.1, 0.15) is 17.5 Å². The summed E-state index contributed by atoms with van der Waals surface area (Å²) in [5.41, 5.74) is -0.174. The predicted molar refractivity (Wildman–Crippen MR) is 50.0 cm³/mol. The van der Waals surface area contributed by atoms with Gasteiger partial charge in [0.2, 0.25) is 0 Å². The third kappa shape index (κ3) is 3.64. The van der Waals surface area contributed by atoms with Gasteiger partial charge in [0.05, 0.1) is 12.2 Å². The van der Waals surface area contributed by atoms with Crippen LogP contribution in [0.2, 0.25) is 0 Å². The maximum absolute atomic E-state index is 12.2. The van der Waals surface area contributed by atoms with Crippen LogP contribution in [0.5, 0.6) is 0 Å². The van der Waals surface area contributed by atoms with Gasteiger partial charge in [0.25, 0.3) is 0 Å². The first-order chi connectivity index (χ1) is 7.04. The second-order valence-corrected chi connectivity index (χ2v) is 2.85. The van der Waals surface area contributed by atoms with Gasteiger partial charge in [0.15, 0.2) is 0 Å². The van der Waals surface area contributed by atoms with Crippen molar-refractivity contribution in [3.05, 3.63) is 35.4 Å². The molecule has 0 atom stereocenters. The molecule has 0 unspecified atom stereocenters. The Morgan fingerprint density at radius 3 is 2.20 bits per heavy atom. The zero-order valence-electron chi connectivity index (χ0n) is 7.80. The van der Waals surface area contributed by atoms with E-state index in [1.807, 2.05) is 0 Å². The molecule has 0 saturated heterocycles. The average molecular weight is 214 g/mol. The lowest BCUT2D eigenvalue weighted by Gasteiger charge is -2.05. The number of hydrogen-bond donors (Lipinski definition) is 1. The van der Waals surface area contributed by atoms with Crippen molar-refractivity contribution in [2.45, 2.75) is 12.6 Å². The molecule has 1 aromatic carbocycles. The number of hydrogen-bond acceptors (Lipinski definition) is 1. The van der Waals surface area contributed by atoms with E-state index in [0.29, 0.717) is 12.0 Å². The van der Waals surface area contributed by atoms with Crippen LogP contribution in [-0.4, -0.2) is 11.7 Å². The Morgan fingerprint density at radius 2 is 1.73 bits per heavy atom. The third-order valence-corrected chi connectivity index (χ3v) is 1.68. The quantitative estimate of drug-likeness (QED) is 0.712. The standard InChI is InChI=1S/C11H9F3O/c12-11(13,14)10-6-4-9(5-7-10)3-1-2-8-15/h4-7,15H,2,8H2. The van der Waals surface area contributed by atoms with Crippen molar-refractivity contribution in [2.24, 2.45) is 0 Å². The Hall–Kier alpha value is -1.47. The van der Waals surface area contributed by atoms with Crippen LogP contribution in [0, 0.1) is 11.8 Å². The molecule has 1 rings (SSSR count). The van der Waals surface area contributed by atoms with Crippen LogP contribution in [0.4, 0.5) is 13.2 Å². The van der Waals surface area contributed by atoms with Gasteiger partial charge in [0, 0.05) is 12.0 Å². The van der Waals surface area contributed by atoms with Crippen molar-refractivity contribution in [1.29, 1.82) is 0 Å². The number of halogens is 3. The SMILES string of the molecule is OCCC#Cc1ccc(C(F)(F)F)cc1. The zero-order chi connectivity index (χ0) is 11.3. The number of aliphatic hydroxyl groups excluding tert-OH is 1. The van der Waals surface area contributed by atoms with Crippen LogP contribution in [0.15, 0.2) is 24.3 Å². The number of benzene rings is 1. The van der Waals surface area contributed by atoms with E-state index in [1.165, 1.54) is 12.1 Å². The molecule has 0 aliphatic rings. The van der Waals surface area contributed by atoms with Gasteiger partial charge in [-0.05, 0) is 24.3 Å². The molecule has 15 heavy (non-hydrogen) atoms. The van der Waals surface area contributed by atoms with Gasteiger partial charge in [-0.3, -0.25) is 0 Å². The summed E-state index contributed by atoms with van der Waals surface area (Å²) in [6, 6.07) is 4.60. The van der Waals surface area contributed by atoms with Crippen molar-refractivity contribution in [3.8, 4) is 11.8 Å². The van der Waals surface area contributed by atoms with E-state index in [1.54, 1.807) is 0 Å². The van der Waals surface area contributed by atoms with Crippen LogP contribution in [0.25, 0.3) is 0 Å². The fourth-order valence-corrected chi connectivity index (χ4v) is 0.963. The highest BCUT2D eigenvalue weighted by Gasteiger charge is 2.29. The van der Waals surface area contributed by atoms with Gasteiger partial charge >= 0.3 is 6.18 Å². The Bertz CT molecular complexity index is 368. The molecule has 0 amide bonds. The molecule has 0 aromatic heterocycles. The number of alkyl halides is 3. The van der Waals surface area contributed by atoms with Crippen molar-refractivity contribution in [2.75, 3.05) is 6.61 Å². The maximum atomic E-state index is 12.2. The number of aliphatic hydroxyl groups is 1. The van der Waals surface area contributed by atoms with Gasteiger partial charge in [-0.15, -0.1) is 0 Å². The van der Waals surface area contributed by atoms with Crippen LogP contribution in [-0.2, 0) is 6.18 Å². The minimum Gasteiger partial charge on any atom is -0.395 e. The van der Waals surface area contributed by atoms with E-state index in [9.17, 15) is 13.2 Å². The zero-order valence-corrected chi connectivity index (χ0v) is 7.80. The topological polar surface area (TPSA) is 20.2 Å². The minimum atomic E-state index is -4.31. The molecule has 4 heteroatoms. The Labute approximate surface area is 85.5 Å². The third-order valence-electron chi connectivity index (χ3n) is 1.68. The van der Waals surface area contributed by atoms with Gasteiger partial charge < -0.3 is 5.11 Å². The monoisotopic (exact) mass is 214 g/mol. The minimum absolute atomic E-state index is 0.0480. The van der Waals surface area contributed by atoms with Gasteiger partial charge in [-0.25, -0.2) is 0 Å². The van der Waals surface area contributed by atoms with E-state index >= 15 is 0 Å². The Kier molecular flexibility index (Phi) is 3.75. The lowest BCUT2D eigenvalue weighted by Crippen LogP contribution is -2.04. The molecule has 0 heterocycles. The molecule has 0 aliphatic carbocycles. The summed E-state index contributed by atoms with van der Waals surface area (Å²) in [6.45, 7) is -0.0480. The highest BCUT2D eigenvalue weighted by molar-refractivity contribution is 5.36.